The summed E-state index contributed by atoms with van der Waals surface area (Å²) < 4.78 is 2.02. The van der Waals surface area contributed by atoms with Gasteiger partial charge in [0.25, 0.3) is 5.91 Å². The number of nitrogens with zero attached hydrogens (tertiary/aromatic N) is 3. The second-order valence-electron chi connectivity index (χ2n) is 6.40. The molecule has 0 bridgehead atoms. The van der Waals surface area contributed by atoms with Gasteiger partial charge in [-0.05, 0) is 44.7 Å². The molecule has 1 spiro atoms. The molecule has 1 aliphatic heterocycles. The Morgan fingerprint density at radius 2 is 1.87 bits per heavy atom. The number of hydrogen-bond donors (Lipinski definition) is 1. The van der Waals surface area contributed by atoms with Crippen molar-refractivity contribution in [3.63, 3.8) is 0 Å². The lowest BCUT2D eigenvalue weighted by Crippen LogP contribution is -2.43. The molecule has 0 saturated heterocycles. The minimum Gasteiger partial charge on any atom is -0.326 e. The van der Waals surface area contributed by atoms with Crippen molar-refractivity contribution in [2.45, 2.75) is 44.7 Å². The van der Waals surface area contributed by atoms with Crippen LogP contribution in [-0.4, -0.2) is 26.8 Å². The Morgan fingerprint density at radius 3 is 2.52 bits per heavy atom. The number of hydrogen-bond acceptors (Lipinski definition) is 3. The number of rotatable bonds is 2. The van der Waals surface area contributed by atoms with Crippen LogP contribution in [0.3, 0.4) is 0 Å². The smallest absolute Gasteiger partial charge is 0.272 e. The molecular formula is C18H20N4O. The van der Waals surface area contributed by atoms with E-state index in [0.29, 0.717) is 5.71 Å². The highest BCUT2D eigenvalue weighted by atomic mass is 16.2. The van der Waals surface area contributed by atoms with Gasteiger partial charge in [-0.1, -0.05) is 18.6 Å². The van der Waals surface area contributed by atoms with E-state index in [4.69, 9.17) is 4.99 Å². The number of benzene rings is 1. The van der Waals surface area contributed by atoms with Crippen LogP contribution in [0.15, 0.2) is 41.7 Å². The fourth-order valence-electron chi connectivity index (χ4n) is 3.56. The third-order valence-corrected chi connectivity index (χ3v) is 4.81. The Labute approximate surface area is 135 Å². The maximum atomic E-state index is 12.4. The Bertz CT molecular complexity index is 767. The molecule has 0 radical (unpaired) electrons. The van der Waals surface area contributed by atoms with E-state index >= 15 is 0 Å². The first-order valence-corrected chi connectivity index (χ1v) is 8.20. The fraction of sp³-hybridized carbons (Fsp3) is 0.389. The molecule has 0 unspecified atom stereocenters. The SMILES string of the molecule is Cc1nccn1-c1ccc(C2=NC3(CCCCC3)NC2=O)cc1. The summed E-state index contributed by atoms with van der Waals surface area (Å²) in [4.78, 5) is 21.4. The van der Waals surface area contributed by atoms with E-state index in [1.165, 1.54) is 6.42 Å². The molecule has 2 aromatic rings. The summed E-state index contributed by atoms with van der Waals surface area (Å²) >= 11 is 0. The average Bonchev–Trinajstić information content (AvgIpc) is 3.12. The molecule has 1 aromatic heterocycles. The topological polar surface area (TPSA) is 59.3 Å². The lowest BCUT2D eigenvalue weighted by atomic mass is 9.90. The maximum absolute atomic E-state index is 12.4. The van der Waals surface area contributed by atoms with Crippen molar-refractivity contribution in [1.82, 2.24) is 14.9 Å². The quantitative estimate of drug-likeness (QED) is 0.927. The third-order valence-electron chi connectivity index (χ3n) is 4.81. The van der Waals surface area contributed by atoms with Gasteiger partial charge in [0, 0.05) is 23.6 Å². The van der Waals surface area contributed by atoms with Crippen molar-refractivity contribution in [2.75, 3.05) is 0 Å². The highest BCUT2D eigenvalue weighted by Crippen LogP contribution is 2.33. The number of nitrogens with one attached hydrogen (secondary N) is 1. The minimum absolute atomic E-state index is 0.0431. The van der Waals surface area contributed by atoms with E-state index < -0.39 is 0 Å². The molecule has 5 heteroatoms. The van der Waals surface area contributed by atoms with Gasteiger partial charge in [0.05, 0.1) is 0 Å². The van der Waals surface area contributed by atoms with Crippen LogP contribution in [0.4, 0.5) is 0 Å². The molecule has 2 aliphatic rings. The second-order valence-corrected chi connectivity index (χ2v) is 6.40. The van der Waals surface area contributed by atoms with Crippen LogP contribution in [-0.2, 0) is 4.79 Å². The van der Waals surface area contributed by atoms with Gasteiger partial charge >= 0.3 is 0 Å². The summed E-state index contributed by atoms with van der Waals surface area (Å²) in [7, 11) is 0. The number of aromatic nitrogens is 2. The van der Waals surface area contributed by atoms with Crippen LogP contribution in [0.2, 0.25) is 0 Å². The van der Waals surface area contributed by atoms with Crippen LogP contribution < -0.4 is 5.32 Å². The number of imidazole rings is 1. The molecule has 1 aromatic carbocycles. The maximum Gasteiger partial charge on any atom is 0.272 e. The standard InChI is InChI=1S/C18H20N4O/c1-13-19-11-12-22(13)15-7-5-14(6-8-15)16-17(23)21-18(20-16)9-3-2-4-10-18/h5-8,11-12H,2-4,9-10H2,1H3,(H,21,23). The minimum atomic E-state index is -0.343. The van der Waals surface area contributed by atoms with Crippen LogP contribution in [0.25, 0.3) is 5.69 Å². The van der Waals surface area contributed by atoms with E-state index in [1.807, 2.05) is 42.0 Å². The first-order chi connectivity index (χ1) is 11.2. The van der Waals surface area contributed by atoms with E-state index in [9.17, 15) is 4.79 Å². The van der Waals surface area contributed by atoms with Crippen LogP contribution in [0, 0.1) is 6.92 Å². The molecule has 118 valence electrons. The Balaban J connectivity index is 1.64. The monoisotopic (exact) mass is 308 g/mol. The molecule has 2 heterocycles. The molecule has 5 nitrogen and oxygen atoms in total. The van der Waals surface area contributed by atoms with Gasteiger partial charge < -0.3 is 9.88 Å². The van der Waals surface area contributed by atoms with Gasteiger partial charge in [0.1, 0.15) is 17.2 Å². The zero-order chi connectivity index (χ0) is 15.9. The summed E-state index contributed by atoms with van der Waals surface area (Å²) in [6.07, 6.45) is 9.13. The third kappa shape index (κ3) is 2.46. The van der Waals surface area contributed by atoms with E-state index in [1.54, 1.807) is 6.20 Å². The van der Waals surface area contributed by atoms with Crippen molar-refractivity contribution in [2.24, 2.45) is 4.99 Å². The van der Waals surface area contributed by atoms with E-state index in [-0.39, 0.29) is 11.6 Å². The molecule has 1 saturated carbocycles. The first-order valence-electron chi connectivity index (χ1n) is 8.20. The summed E-state index contributed by atoms with van der Waals surface area (Å²) in [5.74, 6) is 0.897. The lowest BCUT2D eigenvalue weighted by molar-refractivity contribution is -0.115. The fourth-order valence-corrected chi connectivity index (χ4v) is 3.56. The zero-order valence-electron chi connectivity index (χ0n) is 13.2. The second kappa shape index (κ2) is 5.33. The van der Waals surface area contributed by atoms with Crippen LogP contribution >= 0.6 is 0 Å². The summed E-state index contributed by atoms with van der Waals surface area (Å²) in [6.45, 7) is 1.97. The van der Waals surface area contributed by atoms with Crippen molar-refractivity contribution in [1.29, 1.82) is 0 Å². The number of aliphatic imine (C=N–C) groups is 1. The van der Waals surface area contributed by atoms with Crippen molar-refractivity contribution in [3.8, 4) is 5.69 Å². The lowest BCUT2D eigenvalue weighted by Gasteiger charge is -2.30. The number of carbonyl (C=O) groups excluding carboxylic acids is 1. The van der Waals surface area contributed by atoms with Gasteiger partial charge in [0.15, 0.2) is 0 Å². The number of aryl methyl sites for hydroxylation is 1. The normalized spacial score (nSPS) is 19.7. The largest absolute Gasteiger partial charge is 0.326 e. The van der Waals surface area contributed by atoms with Crippen molar-refractivity contribution >= 4 is 11.6 Å². The van der Waals surface area contributed by atoms with Gasteiger partial charge in [-0.3, -0.25) is 9.79 Å². The molecule has 1 N–H and O–H groups in total. The first kappa shape index (κ1) is 14.2. The molecule has 1 amide bonds. The molecule has 23 heavy (non-hydrogen) atoms. The van der Waals surface area contributed by atoms with Crippen LogP contribution in [0.1, 0.15) is 43.5 Å². The van der Waals surface area contributed by atoms with Crippen molar-refractivity contribution < 1.29 is 4.79 Å². The van der Waals surface area contributed by atoms with E-state index in [0.717, 1.165) is 42.8 Å². The molecular weight excluding hydrogens is 288 g/mol. The predicted molar refractivity (Wildman–Crippen MR) is 88.8 cm³/mol. The highest BCUT2D eigenvalue weighted by Gasteiger charge is 2.40. The summed E-state index contributed by atoms with van der Waals surface area (Å²) in [5, 5.41) is 3.11. The van der Waals surface area contributed by atoms with Gasteiger partial charge in [-0.25, -0.2) is 4.98 Å². The number of amides is 1. The highest BCUT2D eigenvalue weighted by molar-refractivity contribution is 6.46. The number of carbonyl (C=O) groups is 1. The van der Waals surface area contributed by atoms with Crippen LogP contribution in [0.5, 0.6) is 0 Å². The van der Waals surface area contributed by atoms with Gasteiger partial charge in [0.2, 0.25) is 0 Å². The zero-order valence-corrected chi connectivity index (χ0v) is 13.2. The Morgan fingerprint density at radius 1 is 1.13 bits per heavy atom. The van der Waals surface area contributed by atoms with Crippen molar-refractivity contribution in [3.05, 3.63) is 48.0 Å². The molecule has 4 rings (SSSR count). The van der Waals surface area contributed by atoms with E-state index in [2.05, 4.69) is 10.3 Å². The Kier molecular flexibility index (Phi) is 3.29. The molecule has 0 atom stereocenters. The summed E-state index contributed by atoms with van der Waals surface area (Å²) in [5.41, 5.74) is 2.15. The summed E-state index contributed by atoms with van der Waals surface area (Å²) in [6, 6.07) is 7.95. The predicted octanol–water partition coefficient (Wildman–Crippen LogP) is 2.76. The van der Waals surface area contributed by atoms with Gasteiger partial charge in [-0.2, -0.15) is 0 Å². The molecule has 1 aliphatic carbocycles. The average molecular weight is 308 g/mol. The molecule has 1 fully saturated rings. The van der Waals surface area contributed by atoms with Gasteiger partial charge in [-0.15, -0.1) is 0 Å². The Hall–Kier alpha value is -2.43.